The molecular formula is C25H30N4O2S. The quantitative estimate of drug-likeness (QED) is 0.532. The standard InChI is InChI=1S/C25H30N4O2S/c1-16(2)11-12-30-24-19(14-27)18(13-26)23(31-15-17(3)28(4)5)22-25(24)32-21-10-8-7-9-20(21)29(22)6/h7-10,16-17H,11-12,15H2,1-6H3. The highest BCUT2D eigenvalue weighted by atomic mass is 32.2. The van der Waals surface area contributed by atoms with E-state index in [0.717, 1.165) is 27.6 Å². The minimum absolute atomic E-state index is 0.138. The second-order valence-electron chi connectivity index (χ2n) is 8.59. The summed E-state index contributed by atoms with van der Waals surface area (Å²) in [6.07, 6.45) is 0.858. The molecule has 6 nitrogen and oxygen atoms in total. The average molecular weight is 451 g/mol. The lowest BCUT2D eigenvalue weighted by molar-refractivity contribution is 0.197. The van der Waals surface area contributed by atoms with Gasteiger partial charge in [-0.1, -0.05) is 37.7 Å². The molecule has 168 valence electrons. The average Bonchev–Trinajstić information content (AvgIpc) is 2.77. The van der Waals surface area contributed by atoms with Gasteiger partial charge in [-0.05, 0) is 45.5 Å². The maximum absolute atomic E-state index is 10.1. The van der Waals surface area contributed by atoms with E-state index in [9.17, 15) is 10.5 Å². The van der Waals surface area contributed by atoms with Crippen molar-refractivity contribution in [2.24, 2.45) is 5.92 Å². The van der Waals surface area contributed by atoms with E-state index >= 15 is 0 Å². The van der Waals surface area contributed by atoms with Gasteiger partial charge in [-0.25, -0.2) is 0 Å². The summed E-state index contributed by atoms with van der Waals surface area (Å²) >= 11 is 1.56. The summed E-state index contributed by atoms with van der Waals surface area (Å²) in [7, 11) is 5.93. The Labute approximate surface area is 195 Å². The number of rotatable bonds is 8. The minimum Gasteiger partial charge on any atom is -0.491 e. The first-order valence-corrected chi connectivity index (χ1v) is 11.6. The molecule has 2 aromatic carbocycles. The summed E-state index contributed by atoms with van der Waals surface area (Å²) in [6, 6.07) is 12.7. The number of para-hydroxylation sites is 1. The first-order valence-electron chi connectivity index (χ1n) is 10.8. The number of hydrogen-bond acceptors (Lipinski definition) is 7. The second-order valence-corrected chi connectivity index (χ2v) is 9.65. The van der Waals surface area contributed by atoms with Crippen molar-refractivity contribution in [1.82, 2.24) is 4.90 Å². The molecule has 1 atom stereocenters. The molecule has 7 heteroatoms. The van der Waals surface area contributed by atoms with Gasteiger partial charge >= 0.3 is 0 Å². The van der Waals surface area contributed by atoms with E-state index in [1.54, 1.807) is 11.8 Å². The molecule has 1 aliphatic heterocycles. The van der Waals surface area contributed by atoms with Crippen LogP contribution in [0.2, 0.25) is 0 Å². The normalized spacial score (nSPS) is 13.2. The van der Waals surface area contributed by atoms with Crippen molar-refractivity contribution >= 4 is 23.1 Å². The summed E-state index contributed by atoms with van der Waals surface area (Å²) < 4.78 is 12.4. The highest BCUT2D eigenvalue weighted by Gasteiger charge is 2.33. The first kappa shape index (κ1) is 23.8. The number of benzene rings is 2. The molecule has 0 aliphatic carbocycles. The van der Waals surface area contributed by atoms with Crippen molar-refractivity contribution in [1.29, 1.82) is 10.5 Å². The Hall–Kier alpha value is -2.87. The molecule has 0 spiro atoms. The van der Waals surface area contributed by atoms with Crippen LogP contribution in [-0.2, 0) is 0 Å². The van der Waals surface area contributed by atoms with Gasteiger partial charge in [0.1, 0.15) is 35.6 Å². The summed E-state index contributed by atoms with van der Waals surface area (Å²) in [6.45, 7) is 7.19. The zero-order valence-corrected chi connectivity index (χ0v) is 20.4. The molecule has 0 saturated heterocycles. The predicted molar refractivity (Wildman–Crippen MR) is 128 cm³/mol. The largest absolute Gasteiger partial charge is 0.491 e. The summed E-state index contributed by atoms with van der Waals surface area (Å²) in [5.41, 5.74) is 2.26. The molecular weight excluding hydrogens is 420 g/mol. The number of likely N-dealkylation sites (N-methyl/N-ethyl adjacent to an activating group) is 1. The highest BCUT2D eigenvalue weighted by Crippen LogP contribution is 2.57. The molecule has 1 aliphatic rings. The van der Waals surface area contributed by atoms with Crippen molar-refractivity contribution in [3.05, 3.63) is 35.4 Å². The van der Waals surface area contributed by atoms with Gasteiger partial charge in [-0.2, -0.15) is 10.5 Å². The van der Waals surface area contributed by atoms with E-state index in [1.807, 2.05) is 44.2 Å². The SMILES string of the molecule is CC(C)CCOc1c(C#N)c(C#N)c(OCC(C)N(C)C)c2c1Sc1ccccc1N2C. The molecule has 0 N–H and O–H groups in total. The maximum Gasteiger partial charge on any atom is 0.163 e. The summed E-state index contributed by atoms with van der Waals surface area (Å²) in [5, 5.41) is 20.1. The molecule has 1 unspecified atom stereocenters. The van der Waals surface area contributed by atoms with E-state index in [1.165, 1.54) is 0 Å². The molecule has 32 heavy (non-hydrogen) atoms. The third-order valence-corrected chi connectivity index (χ3v) is 6.78. The van der Waals surface area contributed by atoms with E-state index in [2.05, 4.69) is 43.9 Å². The first-order chi connectivity index (χ1) is 15.3. The lowest BCUT2D eigenvalue weighted by atomic mass is 10.0. The van der Waals surface area contributed by atoms with Gasteiger partial charge in [-0.15, -0.1) is 0 Å². The predicted octanol–water partition coefficient (Wildman–Crippen LogP) is 5.42. The number of nitrogens with zero attached hydrogens (tertiary/aromatic N) is 4. The van der Waals surface area contributed by atoms with Crippen molar-refractivity contribution < 1.29 is 9.47 Å². The summed E-state index contributed by atoms with van der Waals surface area (Å²) in [5.74, 6) is 1.38. The molecule has 2 aromatic rings. The fraction of sp³-hybridized carbons (Fsp3) is 0.440. The third-order valence-electron chi connectivity index (χ3n) is 5.63. The number of hydrogen-bond donors (Lipinski definition) is 0. The number of ether oxygens (including phenoxy) is 2. The van der Waals surface area contributed by atoms with E-state index < -0.39 is 0 Å². The highest BCUT2D eigenvalue weighted by molar-refractivity contribution is 7.99. The van der Waals surface area contributed by atoms with Crippen LogP contribution < -0.4 is 14.4 Å². The zero-order chi connectivity index (χ0) is 23.4. The number of nitriles is 2. The topological polar surface area (TPSA) is 72.5 Å². The molecule has 3 rings (SSSR count). The van der Waals surface area contributed by atoms with Gasteiger partial charge in [0.15, 0.2) is 11.5 Å². The van der Waals surface area contributed by atoms with Crippen LogP contribution in [0, 0.1) is 28.6 Å². The summed E-state index contributed by atoms with van der Waals surface area (Å²) in [4.78, 5) is 5.98. The Bertz CT molecular complexity index is 1070. The molecule has 0 amide bonds. The smallest absolute Gasteiger partial charge is 0.163 e. The van der Waals surface area contributed by atoms with Crippen LogP contribution in [0.15, 0.2) is 34.1 Å². The molecule has 1 heterocycles. The van der Waals surface area contributed by atoms with Crippen LogP contribution in [0.1, 0.15) is 38.3 Å². The van der Waals surface area contributed by atoms with Crippen molar-refractivity contribution in [2.45, 2.75) is 43.0 Å². The minimum atomic E-state index is 0.138. The van der Waals surface area contributed by atoms with Crippen LogP contribution >= 0.6 is 11.8 Å². The van der Waals surface area contributed by atoms with E-state index in [0.29, 0.717) is 30.6 Å². The number of anilines is 2. The van der Waals surface area contributed by atoms with Gasteiger partial charge in [0.25, 0.3) is 0 Å². The fourth-order valence-electron chi connectivity index (χ4n) is 3.36. The van der Waals surface area contributed by atoms with E-state index in [-0.39, 0.29) is 17.2 Å². The monoisotopic (exact) mass is 450 g/mol. The van der Waals surface area contributed by atoms with Crippen molar-refractivity contribution in [3.63, 3.8) is 0 Å². The Morgan fingerprint density at radius 3 is 2.31 bits per heavy atom. The Kier molecular flexibility index (Phi) is 7.56. The van der Waals surface area contributed by atoms with Crippen LogP contribution in [0.3, 0.4) is 0 Å². The van der Waals surface area contributed by atoms with Crippen molar-refractivity contribution in [3.8, 4) is 23.6 Å². The Morgan fingerprint density at radius 2 is 1.69 bits per heavy atom. The number of fused-ring (bicyclic) bond motifs is 2. The van der Waals surface area contributed by atoms with Crippen LogP contribution in [0.4, 0.5) is 11.4 Å². The van der Waals surface area contributed by atoms with E-state index in [4.69, 9.17) is 9.47 Å². The zero-order valence-electron chi connectivity index (χ0n) is 19.6. The maximum atomic E-state index is 10.1. The van der Waals surface area contributed by atoms with Gasteiger partial charge in [-0.3, -0.25) is 0 Å². The van der Waals surface area contributed by atoms with Gasteiger partial charge in [0.2, 0.25) is 0 Å². The fourth-order valence-corrected chi connectivity index (χ4v) is 4.62. The van der Waals surface area contributed by atoms with Crippen LogP contribution in [0.25, 0.3) is 0 Å². The molecule has 0 fully saturated rings. The van der Waals surface area contributed by atoms with Crippen LogP contribution in [0.5, 0.6) is 11.5 Å². The lowest BCUT2D eigenvalue weighted by Crippen LogP contribution is -2.31. The second kappa shape index (κ2) is 10.2. The Morgan fingerprint density at radius 1 is 1.03 bits per heavy atom. The molecule has 0 aromatic heterocycles. The van der Waals surface area contributed by atoms with Gasteiger partial charge < -0.3 is 19.3 Å². The van der Waals surface area contributed by atoms with Crippen molar-refractivity contribution in [2.75, 3.05) is 39.3 Å². The van der Waals surface area contributed by atoms with Crippen LogP contribution in [-0.4, -0.2) is 45.3 Å². The van der Waals surface area contributed by atoms with Gasteiger partial charge in [0.05, 0.1) is 17.2 Å². The molecule has 0 bridgehead atoms. The molecule has 0 saturated carbocycles. The Balaban J connectivity index is 2.20. The third kappa shape index (κ3) is 4.65. The lowest BCUT2D eigenvalue weighted by Gasteiger charge is -2.33. The van der Waals surface area contributed by atoms with Gasteiger partial charge in [0, 0.05) is 18.0 Å². The molecule has 0 radical (unpaired) electrons.